The van der Waals surface area contributed by atoms with E-state index in [0.29, 0.717) is 29.2 Å². The lowest BCUT2D eigenvalue weighted by atomic mass is 10.2. The number of carbonyl (C=O) groups is 1. The van der Waals surface area contributed by atoms with Crippen LogP contribution in [-0.4, -0.2) is 34.7 Å². The maximum Gasteiger partial charge on any atom is 0.241 e. The van der Waals surface area contributed by atoms with Crippen LogP contribution in [0.2, 0.25) is 5.02 Å². The molecule has 2 atom stereocenters. The van der Waals surface area contributed by atoms with Gasteiger partial charge in [0, 0.05) is 6.54 Å². The van der Waals surface area contributed by atoms with E-state index < -0.39 is 6.10 Å². The van der Waals surface area contributed by atoms with Crippen LogP contribution in [0.4, 0.5) is 5.69 Å². The number of nitrogens with zero attached hydrogens (tertiary/aromatic N) is 1. The third-order valence-corrected chi connectivity index (χ3v) is 4.23. The fourth-order valence-corrected chi connectivity index (χ4v) is 3.04. The van der Waals surface area contributed by atoms with Crippen molar-refractivity contribution in [1.82, 2.24) is 10.3 Å². The van der Waals surface area contributed by atoms with Gasteiger partial charge in [0.1, 0.15) is 5.52 Å². The number of amides is 1. The summed E-state index contributed by atoms with van der Waals surface area (Å²) >= 11 is 7.61. The van der Waals surface area contributed by atoms with Crippen molar-refractivity contribution in [2.45, 2.75) is 18.6 Å². The van der Waals surface area contributed by atoms with Gasteiger partial charge in [-0.2, -0.15) is 0 Å². The van der Waals surface area contributed by atoms with Gasteiger partial charge in [-0.3, -0.25) is 4.79 Å². The number of nitrogens with one attached hydrogen (secondary N) is 2. The Bertz CT molecular complexity index is 630. The topological polar surface area (TPSA) is 74.2 Å². The first-order valence-corrected chi connectivity index (χ1v) is 7.15. The molecule has 2 aromatic rings. The Morgan fingerprint density at radius 1 is 1.58 bits per heavy atom. The first-order chi connectivity index (χ1) is 9.15. The number of β-amino-alcohol motifs (C(OH)–C–C–N with tert-alkyl or cyclic N) is 1. The van der Waals surface area contributed by atoms with Crippen LogP contribution >= 0.6 is 22.9 Å². The maximum absolute atomic E-state index is 12.1. The summed E-state index contributed by atoms with van der Waals surface area (Å²) < 4.78 is 0.971. The predicted octanol–water partition coefficient (Wildman–Crippen LogP) is 1.61. The van der Waals surface area contributed by atoms with Crippen LogP contribution in [0.15, 0.2) is 17.6 Å². The summed E-state index contributed by atoms with van der Waals surface area (Å²) in [5.41, 5.74) is 2.95. The second kappa shape index (κ2) is 5.05. The Labute approximate surface area is 118 Å². The summed E-state index contributed by atoms with van der Waals surface area (Å²) in [6, 6.07) is 3.23. The average Bonchev–Trinajstić information content (AvgIpc) is 3.01. The smallest absolute Gasteiger partial charge is 0.241 e. The molecule has 1 amide bonds. The summed E-state index contributed by atoms with van der Waals surface area (Å²) in [4.78, 5) is 16.3. The van der Waals surface area contributed by atoms with Crippen molar-refractivity contribution in [2.24, 2.45) is 0 Å². The molecule has 1 aromatic carbocycles. The number of benzene rings is 1. The number of halogens is 1. The van der Waals surface area contributed by atoms with Crippen molar-refractivity contribution in [3.05, 3.63) is 22.7 Å². The molecule has 1 aliphatic rings. The minimum Gasteiger partial charge on any atom is -0.392 e. The van der Waals surface area contributed by atoms with Gasteiger partial charge in [0.2, 0.25) is 5.91 Å². The molecule has 2 unspecified atom stereocenters. The van der Waals surface area contributed by atoms with Gasteiger partial charge >= 0.3 is 0 Å². The van der Waals surface area contributed by atoms with Crippen LogP contribution in [0.1, 0.15) is 6.42 Å². The van der Waals surface area contributed by atoms with Gasteiger partial charge < -0.3 is 15.7 Å². The van der Waals surface area contributed by atoms with Crippen molar-refractivity contribution in [3.8, 4) is 0 Å². The van der Waals surface area contributed by atoms with Crippen LogP contribution < -0.4 is 10.6 Å². The largest absolute Gasteiger partial charge is 0.392 e. The highest BCUT2D eigenvalue weighted by Crippen LogP contribution is 2.32. The normalized spacial score (nSPS) is 22.8. The lowest BCUT2D eigenvalue weighted by Gasteiger charge is -2.12. The molecular weight excluding hydrogens is 286 g/mol. The highest BCUT2D eigenvalue weighted by atomic mass is 35.5. The molecule has 0 spiro atoms. The zero-order valence-corrected chi connectivity index (χ0v) is 11.5. The molecule has 3 rings (SSSR count). The second-order valence-corrected chi connectivity index (χ2v) is 5.75. The molecule has 7 heteroatoms. The summed E-state index contributed by atoms with van der Waals surface area (Å²) in [7, 11) is 0. The molecule has 1 saturated heterocycles. The van der Waals surface area contributed by atoms with Crippen molar-refractivity contribution >= 4 is 44.7 Å². The Morgan fingerprint density at radius 2 is 2.42 bits per heavy atom. The van der Waals surface area contributed by atoms with E-state index in [1.54, 1.807) is 11.6 Å². The van der Waals surface area contributed by atoms with Gasteiger partial charge in [-0.15, -0.1) is 11.3 Å². The number of hydrogen-bond donors (Lipinski definition) is 3. The number of anilines is 1. The Hall–Kier alpha value is -1.21. The number of fused-ring (bicyclic) bond motifs is 1. The van der Waals surface area contributed by atoms with Crippen molar-refractivity contribution in [1.29, 1.82) is 0 Å². The van der Waals surface area contributed by atoms with E-state index in [4.69, 9.17) is 11.6 Å². The number of aliphatic hydroxyl groups excluding tert-OH is 1. The quantitative estimate of drug-likeness (QED) is 0.787. The first-order valence-electron chi connectivity index (χ1n) is 5.89. The van der Waals surface area contributed by atoms with Crippen molar-refractivity contribution in [2.75, 3.05) is 11.9 Å². The van der Waals surface area contributed by atoms with Gasteiger partial charge in [0.05, 0.1) is 33.1 Å². The van der Waals surface area contributed by atoms with Crippen molar-refractivity contribution < 1.29 is 9.90 Å². The fraction of sp³-hybridized carbons (Fsp3) is 0.333. The molecule has 2 heterocycles. The monoisotopic (exact) mass is 297 g/mol. The SMILES string of the molecule is O=C(Nc1c(Cl)ccc2scnc12)C1CC(O)CN1. The molecule has 0 radical (unpaired) electrons. The molecule has 5 nitrogen and oxygen atoms in total. The summed E-state index contributed by atoms with van der Waals surface area (Å²) in [5, 5.41) is 15.7. The number of aliphatic hydroxyl groups is 1. The molecule has 0 aliphatic carbocycles. The average molecular weight is 298 g/mol. The standard InChI is InChI=1S/C12H12ClN3O2S/c13-7-1-2-9-11(15-5-19-9)10(7)16-12(18)8-3-6(17)4-14-8/h1-2,5-6,8,14,17H,3-4H2,(H,16,18). The Morgan fingerprint density at radius 3 is 3.16 bits per heavy atom. The summed E-state index contributed by atoms with van der Waals surface area (Å²) in [6.07, 6.45) is -0.0578. The van der Waals surface area contributed by atoms with E-state index in [9.17, 15) is 9.90 Å². The molecule has 3 N–H and O–H groups in total. The highest BCUT2D eigenvalue weighted by Gasteiger charge is 2.28. The molecule has 1 fully saturated rings. The van der Waals surface area contributed by atoms with Crippen LogP contribution in [0, 0.1) is 0 Å². The van der Waals surface area contributed by atoms with Gasteiger partial charge in [0.15, 0.2) is 0 Å². The summed E-state index contributed by atoms with van der Waals surface area (Å²) in [5.74, 6) is -0.195. The van der Waals surface area contributed by atoms with Crippen LogP contribution in [-0.2, 0) is 4.79 Å². The van der Waals surface area contributed by atoms with E-state index in [1.165, 1.54) is 11.3 Å². The van der Waals surface area contributed by atoms with Crippen LogP contribution in [0.3, 0.4) is 0 Å². The molecule has 100 valence electrons. The minimum atomic E-state index is -0.471. The number of rotatable bonds is 2. The lowest BCUT2D eigenvalue weighted by Crippen LogP contribution is -2.35. The molecule has 0 saturated carbocycles. The molecule has 0 bridgehead atoms. The highest BCUT2D eigenvalue weighted by molar-refractivity contribution is 7.16. The fourth-order valence-electron chi connectivity index (χ4n) is 2.15. The number of aromatic nitrogens is 1. The molecule has 19 heavy (non-hydrogen) atoms. The third kappa shape index (κ3) is 2.44. The van der Waals surface area contributed by atoms with E-state index >= 15 is 0 Å². The molecule has 1 aromatic heterocycles. The predicted molar refractivity (Wildman–Crippen MR) is 75.7 cm³/mol. The van der Waals surface area contributed by atoms with Crippen LogP contribution in [0.25, 0.3) is 10.2 Å². The minimum absolute atomic E-state index is 0.195. The van der Waals surface area contributed by atoms with E-state index in [0.717, 1.165) is 4.70 Å². The van der Waals surface area contributed by atoms with E-state index in [1.807, 2.05) is 6.07 Å². The van der Waals surface area contributed by atoms with Crippen molar-refractivity contribution in [3.63, 3.8) is 0 Å². The number of hydrogen-bond acceptors (Lipinski definition) is 5. The molecular formula is C12H12ClN3O2S. The van der Waals surface area contributed by atoms with Crippen LogP contribution in [0.5, 0.6) is 0 Å². The zero-order valence-electron chi connectivity index (χ0n) is 9.89. The van der Waals surface area contributed by atoms with Gasteiger partial charge in [-0.1, -0.05) is 11.6 Å². The van der Waals surface area contributed by atoms with Gasteiger partial charge in [0.25, 0.3) is 0 Å². The molecule has 1 aliphatic heterocycles. The summed E-state index contributed by atoms with van der Waals surface area (Å²) in [6.45, 7) is 0.437. The Balaban J connectivity index is 1.86. The van der Waals surface area contributed by atoms with Gasteiger partial charge in [-0.25, -0.2) is 4.98 Å². The third-order valence-electron chi connectivity index (χ3n) is 3.12. The number of thiazole rings is 1. The first kappa shape index (κ1) is 12.8. The Kier molecular flexibility index (Phi) is 3.40. The zero-order chi connectivity index (χ0) is 13.4. The number of carbonyl (C=O) groups excluding carboxylic acids is 1. The maximum atomic E-state index is 12.1. The van der Waals surface area contributed by atoms with E-state index in [2.05, 4.69) is 15.6 Å². The van der Waals surface area contributed by atoms with E-state index in [-0.39, 0.29) is 11.9 Å². The van der Waals surface area contributed by atoms with Gasteiger partial charge in [-0.05, 0) is 18.6 Å². The lowest BCUT2D eigenvalue weighted by molar-refractivity contribution is -0.117. The second-order valence-electron chi connectivity index (χ2n) is 4.46.